The zero-order chi connectivity index (χ0) is 14.8. The summed E-state index contributed by atoms with van der Waals surface area (Å²) < 4.78 is 5.13. The summed E-state index contributed by atoms with van der Waals surface area (Å²) in [6.45, 7) is 4.40. The Hall–Kier alpha value is -1.10. The van der Waals surface area contributed by atoms with Gasteiger partial charge in [-0.15, -0.1) is 0 Å². The monoisotopic (exact) mass is 282 g/mol. The van der Waals surface area contributed by atoms with Gasteiger partial charge in [0, 0.05) is 19.8 Å². The quantitative estimate of drug-likeness (QED) is 0.849. The summed E-state index contributed by atoms with van der Waals surface area (Å²) >= 11 is 0. The number of rotatable bonds is 4. The average molecular weight is 282 g/mol. The van der Waals surface area contributed by atoms with Gasteiger partial charge in [-0.3, -0.25) is 9.59 Å². The minimum absolute atomic E-state index is 0.0357. The lowest BCUT2D eigenvalue weighted by Gasteiger charge is -2.52. The number of carbonyl (C=O) groups is 2. The average Bonchev–Trinajstić information content (AvgIpc) is 2.44. The fourth-order valence-corrected chi connectivity index (χ4v) is 3.58. The van der Waals surface area contributed by atoms with Crippen molar-refractivity contribution >= 4 is 11.8 Å². The van der Waals surface area contributed by atoms with Crippen LogP contribution in [0.2, 0.25) is 0 Å². The molecule has 2 unspecified atom stereocenters. The summed E-state index contributed by atoms with van der Waals surface area (Å²) in [7, 11) is 1.66. The summed E-state index contributed by atoms with van der Waals surface area (Å²) in [6.07, 6.45) is 5.53. The molecule has 1 aliphatic heterocycles. The van der Waals surface area contributed by atoms with Crippen LogP contribution < -0.4 is 5.32 Å². The van der Waals surface area contributed by atoms with E-state index in [-0.39, 0.29) is 17.9 Å². The Labute approximate surface area is 121 Å². The Morgan fingerprint density at radius 3 is 2.60 bits per heavy atom. The van der Waals surface area contributed by atoms with E-state index in [2.05, 4.69) is 5.32 Å². The van der Waals surface area contributed by atoms with Crippen LogP contribution in [-0.2, 0) is 14.3 Å². The molecule has 0 bridgehead atoms. The van der Waals surface area contributed by atoms with E-state index in [4.69, 9.17) is 4.74 Å². The van der Waals surface area contributed by atoms with Gasteiger partial charge in [-0.1, -0.05) is 19.3 Å². The molecular formula is C15H26N2O3. The van der Waals surface area contributed by atoms with Crippen molar-refractivity contribution in [1.82, 2.24) is 10.2 Å². The van der Waals surface area contributed by atoms with Crippen molar-refractivity contribution in [2.75, 3.05) is 13.7 Å². The van der Waals surface area contributed by atoms with Crippen molar-refractivity contribution in [3.63, 3.8) is 0 Å². The van der Waals surface area contributed by atoms with Crippen LogP contribution in [0.25, 0.3) is 0 Å². The number of ether oxygens (including phenoxy) is 1. The molecule has 0 aromatic carbocycles. The molecule has 5 nitrogen and oxygen atoms in total. The maximum atomic E-state index is 12.6. The van der Waals surface area contributed by atoms with E-state index in [1.165, 1.54) is 0 Å². The van der Waals surface area contributed by atoms with Crippen molar-refractivity contribution in [3.8, 4) is 0 Å². The Morgan fingerprint density at radius 1 is 1.35 bits per heavy atom. The van der Waals surface area contributed by atoms with E-state index in [9.17, 15) is 9.59 Å². The fraction of sp³-hybridized carbons (Fsp3) is 0.867. The molecule has 5 heteroatoms. The van der Waals surface area contributed by atoms with Crippen LogP contribution >= 0.6 is 0 Å². The van der Waals surface area contributed by atoms with Crippen molar-refractivity contribution in [3.05, 3.63) is 0 Å². The van der Waals surface area contributed by atoms with E-state index in [0.717, 1.165) is 38.5 Å². The predicted molar refractivity (Wildman–Crippen MR) is 76.2 cm³/mol. The van der Waals surface area contributed by atoms with E-state index >= 15 is 0 Å². The van der Waals surface area contributed by atoms with Crippen LogP contribution in [0, 0.1) is 0 Å². The van der Waals surface area contributed by atoms with Crippen molar-refractivity contribution in [2.45, 2.75) is 70.0 Å². The summed E-state index contributed by atoms with van der Waals surface area (Å²) in [5.74, 6) is 0.0867. The highest BCUT2D eigenvalue weighted by Gasteiger charge is 2.53. The minimum atomic E-state index is -0.616. The lowest BCUT2D eigenvalue weighted by molar-refractivity contribution is -0.163. The summed E-state index contributed by atoms with van der Waals surface area (Å²) in [6, 6.07) is -0.380. The minimum Gasteiger partial charge on any atom is -0.385 e. The number of methoxy groups -OCH3 is 1. The zero-order valence-electron chi connectivity index (χ0n) is 12.8. The Morgan fingerprint density at radius 2 is 2.00 bits per heavy atom. The third-order valence-electron chi connectivity index (χ3n) is 4.70. The zero-order valence-corrected chi connectivity index (χ0v) is 12.8. The van der Waals surface area contributed by atoms with Crippen molar-refractivity contribution < 1.29 is 14.3 Å². The lowest BCUT2D eigenvalue weighted by atomic mass is 9.76. The van der Waals surface area contributed by atoms with E-state index < -0.39 is 11.6 Å². The van der Waals surface area contributed by atoms with Crippen LogP contribution in [-0.4, -0.2) is 48.1 Å². The molecule has 2 aliphatic rings. The third kappa shape index (κ3) is 2.55. The van der Waals surface area contributed by atoms with Crippen molar-refractivity contribution in [1.29, 1.82) is 0 Å². The molecule has 1 N–H and O–H groups in total. The first-order valence-electron chi connectivity index (χ1n) is 7.66. The van der Waals surface area contributed by atoms with Gasteiger partial charge >= 0.3 is 0 Å². The Bertz CT molecular complexity index is 377. The number of carbonyl (C=O) groups excluding carboxylic acids is 2. The molecule has 20 heavy (non-hydrogen) atoms. The van der Waals surface area contributed by atoms with Crippen LogP contribution in [0.4, 0.5) is 0 Å². The molecule has 2 atom stereocenters. The molecule has 0 aromatic rings. The van der Waals surface area contributed by atoms with Gasteiger partial charge in [0.25, 0.3) is 0 Å². The number of hydrogen-bond acceptors (Lipinski definition) is 3. The molecule has 1 heterocycles. The number of hydrogen-bond donors (Lipinski definition) is 1. The first kappa shape index (κ1) is 15.3. The molecule has 0 radical (unpaired) electrons. The molecular weight excluding hydrogens is 256 g/mol. The summed E-state index contributed by atoms with van der Waals surface area (Å²) in [5.41, 5.74) is -0.616. The Kier molecular flexibility index (Phi) is 4.68. The van der Waals surface area contributed by atoms with Gasteiger partial charge in [-0.2, -0.15) is 0 Å². The second kappa shape index (κ2) is 6.12. The molecule has 114 valence electrons. The first-order valence-corrected chi connectivity index (χ1v) is 7.66. The Balaban J connectivity index is 2.28. The van der Waals surface area contributed by atoms with E-state index in [1.54, 1.807) is 14.0 Å². The maximum Gasteiger partial charge on any atom is 0.246 e. The highest BCUT2D eigenvalue weighted by molar-refractivity contribution is 5.99. The third-order valence-corrected chi connectivity index (χ3v) is 4.70. The number of nitrogens with one attached hydrogen (secondary N) is 1. The second-order valence-corrected chi connectivity index (χ2v) is 6.13. The highest BCUT2D eigenvalue weighted by Crippen LogP contribution is 2.38. The second-order valence-electron chi connectivity index (χ2n) is 6.13. The van der Waals surface area contributed by atoms with Gasteiger partial charge in [-0.05, 0) is 33.1 Å². The van der Waals surface area contributed by atoms with Gasteiger partial charge in [0.2, 0.25) is 11.8 Å². The summed E-state index contributed by atoms with van der Waals surface area (Å²) in [5, 5.41) is 2.87. The van der Waals surface area contributed by atoms with Gasteiger partial charge < -0.3 is 15.0 Å². The largest absolute Gasteiger partial charge is 0.385 e. The molecule has 0 aromatic heterocycles. The summed E-state index contributed by atoms with van der Waals surface area (Å²) in [4.78, 5) is 27.1. The van der Waals surface area contributed by atoms with Gasteiger partial charge in [-0.25, -0.2) is 0 Å². The molecule has 1 aliphatic carbocycles. The lowest BCUT2D eigenvalue weighted by Crippen LogP contribution is -2.72. The van der Waals surface area contributed by atoms with Gasteiger partial charge in [0.05, 0.1) is 0 Å². The number of amides is 2. The number of nitrogens with zero attached hydrogens (tertiary/aromatic N) is 1. The normalized spacial score (nSPS) is 27.6. The molecule has 1 spiro atoms. The molecule has 1 saturated heterocycles. The molecule has 2 fully saturated rings. The fourth-order valence-electron chi connectivity index (χ4n) is 3.58. The van der Waals surface area contributed by atoms with Gasteiger partial charge in [0.1, 0.15) is 11.6 Å². The van der Waals surface area contributed by atoms with Crippen LogP contribution in [0.5, 0.6) is 0 Å². The van der Waals surface area contributed by atoms with E-state index in [1.807, 2.05) is 11.8 Å². The molecule has 1 saturated carbocycles. The highest BCUT2D eigenvalue weighted by atomic mass is 16.5. The molecule has 2 amide bonds. The van der Waals surface area contributed by atoms with E-state index in [0.29, 0.717) is 6.61 Å². The van der Waals surface area contributed by atoms with Crippen molar-refractivity contribution in [2.24, 2.45) is 0 Å². The topological polar surface area (TPSA) is 58.6 Å². The predicted octanol–water partition coefficient (Wildman–Crippen LogP) is 1.46. The van der Waals surface area contributed by atoms with Crippen LogP contribution in [0.1, 0.15) is 52.4 Å². The SMILES string of the molecule is COCCC(C)N1C(=O)C(C)NC(=O)C12CCCCC2. The van der Waals surface area contributed by atoms with Crippen LogP contribution in [0.3, 0.4) is 0 Å². The van der Waals surface area contributed by atoms with Crippen LogP contribution in [0.15, 0.2) is 0 Å². The standard InChI is InChI=1S/C15H26N2O3/c1-11(7-10-20-3)17-13(18)12(2)16-14(19)15(17)8-5-4-6-9-15/h11-12H,4-10H2,1-3H3,(H,16,19). The number of piperazine rings is 1. The smallest absolute Gasteiger partial charge is 0.246 e. The first-order chi connectivity index (χ1) is 9.53. The maximum absolute atomic E-state index is 12.6. The molecule has 2 rings (SSSR count). The van der Waals surface area contributed by atoms with Gasteiger partial charge in [0.15, 0.2) is 0 Å².